The Morgan fingerprint density at radius 3 is 2.73 bits per heavy atom. The van der Waals surface area contributed by atoms with Crippen molar-refractivity contribution in [3.63, 3.8) is 0 Å². The van der Waals surface area contributed by atoms with E-state index in [1.165, 1.54) is 0 Å². The molecule has 0 aliphatic carbocycles. The van der Waals surface area contributed by atoms with Gasteiger partial charge in [-0.1, -0.05) is 41.9 Å². The van der Waals surface area contributed by atoms with Crippen LogP contribution in [-0.4, -0.2) is 11.3 Å². The summed E-state index contributed by atoms with van der Waals surface area (Å²) < 4.78 is 0. The van der Waals surface area contributed by atoms with Crippen LogP contribution < -0.4 is 5.32 Å². The van der Waals surface area contributed by atoms with E-state index < -0.39 is 6.09 Å². The van der Waals surface area contributed by atoms with E-state index in [1.54, 1.807) is 24.3 Å². The van der Waals surface area contributed by atoms with Crippen LogP contribution >= 0.6 is 11.6 Å². The first kappa shape index (κ1) is 11.5. The molecule has 0 spiro atoms. The summed E-state index contributed by atoms with van der Waals surface area (Å²) in [5.41, 5.74) is 0.644. The largest absolute Gasteiger partial charge is 0.437 e. The maximum atomic E-state index is 11.1. The number of nitrogens with zero attached hydrogens (tertiary/aromatic N) is 1. The molecule has 0 saturated carbocycles. The fourth-order valence-corrected chi connectivity index (χ4v) is 0.852. The van der Waals surface area contributed by atoms with E-state index >= 15 is 0 Å². The van der Waals surface area contributed by atoms with Crippen LogP contribution in [0.5, 0.6) is 0 Å². The number of amides is 1. The predicted octanol–water partition coefficient (Wildman–Crippen LogP) is 3.20. The molecule has 15 heavy (non-hydrogen) atoms. The highest BCUT2D eigenvalue weighted by Crippen LogP contribution is 2.05. The van der Waals surface area contributed by atoms with Crippen molar-refractivity contribution in [2.75, 3.05) is 5.32 Å². The number of hydrogen-bond donors (Lipinski definition) is 1. The van der Waals surface area contributed by atoms with Crippen LogP contribution in [0.3, 0.4) is 0 Å². The fourth-order valence-electron chi connectivity index (χ4n) is 0.818. The second-order valence-electron chi connectivity index (χ2n) is 2.69. The summed E-state index contributed by atoms with van der Waals surface area (Å²) in [6, 6.07) is 8.94. The Balaban J connectivity index is 2.44. The molecule has 1 N–H and O–H groups in total. The summed E-state index contributed by atoms with van der Waals surface area (Å²) in [5, 5.41) is 6.15. The highest BCUT2D eigenvalue weighted by atomic mass is 35.5. The third-order valence-electron chi connectivity index (χ3n) is 1.54. The lowest BCUT2D eigenvalue weighted by atomic mass is 10.3. The zero-order valence-electron chi connectivity index (χ0n) is 8.24. The van der Waals surface area contributed by atoms with Gasteiger partial charge in [-0.3, -0.25) is 10.2 Å². The summed E-state index contributed by atoms with van der Waals surface area (Å²) in [7, 11) is 0. The van der Waals surface area contributed by atoms with Crippen LogP contribution in [0.15, 0.2) is 35.5 Å². The van der Waals surface area contributed by atoms with Crippen LogP contribution in [0.1, 0.15) is 13.3 Å². The number of carbonyl (C=O) groups excluding carboxylic acids is 1. The van der Waals surface area contributed by atoms with Gasteiger partial charge < -0.3 is 0 Å². The Hall–Kier alpha value is -1.55. The highest BCUT2D eigenvalue weighted by Gasteiger charge is 2.02. The van der Waals surface area contributed by atoms with Gasteiger partial charge >= 0.3 is 6.09 Å². The molecule has 80 valence electrons. The van der Waals surface area contributed by atoms with Crippen molar-refractivity contribution >= 4 is 28.6 Å². The first-order chi connectivity index (χ1) is 7.22. The van der Waals surface area contributed by atoms with E-state index in [2.05, 4.69) is 15.3 Å². The quantitative estimate of drug-likeness (QED) is 0.489. The molecule has 0 bridgehead atoms. The molecule has 0 aliphatic rings. The van der Waals surface area contributed by atoms with Gasteiger partial charge in [0, 0.05) is 12.1 Å². The van der Waals surface area contributed by atoms with E-state index in [-0.39, 0.29) is 5.17 Å². The van der Waals surface area contributed by atoms with Crippen LogP contribution in [0.2, 0.25) is 0 Å². The van der Waals surface area contributed by atoms with Gasteiger partial charge in [0.2, 0.25) is 0 Å². The summed E-state index contributed by atoms with van der Waals surface area (Å²) in [4.78, 5) is 15.6. The average molecular weight is 227 g/mol. The second-order valence-corrected chi connectivity index (χ2v) is 3.13. The molecule has 0 aliphatic heterocycles. The molecule has 1 amide bonds. The van der Waals surface area contributed by atoms with E-state index in [4.69, 9.17) is 11.6 Å². The van der Waals surface area contributed by atoms with Crippen molar-refractivity contribution in [3.8, 4) is 0 Å². The summed E-state index contributed by atoms with van der Waals surface area (Å²) in [6.45, 7) is 1.81. The minimum atomic E-state index is -0.659. The molecule has 0 radical (unpaired) electrons. The molecule has 1 aromatic rings. The van der Waals surface area contributed by atoms with E-state index in [9.17, 15) is 4.79 Å². The van der Waals surface area contributed by atoms with Crippen LogP contribution in [0, 0.1) is 0 Å². The Morgan fingerprint density at radius 2 is 2.13 bits per heavy atom. The van der Waals surface area contributed by atoms with Gasteiger partial charge in [0.05, 0.1) is 0 Å². The van der Waals surface area contributed by atoms with Gasteiger partial charge in [-0.25, -0.2) is 4.79 Å². The Kier molecular flexibility index (Phi) is 4.63. The normalized spacial score (nSPS) is 10.9. The summed E-state index contributed by atoms with van der Waals surface area (Å²) in [5.74, 6) is 0. The second kappa shape index (κ2) is 6.03. The number of rotatable bonds is 3. The van der Waals surface area contributed by atoms with Gasteiger partial charge in [-0.2, -0.15) is 0 Å². The minimum Gasteiger partial charge on any atom is -0.297 e. The highest BCUT2D eigenvalue weighted by molar-refractivity contribution is 6.65. The zero-order chi connectivity index (χ0) is 11.1. The summed E-state index contributed by atoms with van der Waals surface area (Å²) in [6.07, 6.45) is -0.131. The van der Waals surface area contributed by atoms with Gasteiger partial charge in [0.1, 0.15) is 5.17 Å². The third-order valence-corrected chi connectivity index (χ3v) is 1.88. The van der Waals surface area contributed by atoms with Gasteiger partial charge in [0.15, 0.2) is 0 Å². The number of hydrogen-bond acceptors (Lipinski definition) is 3. The number of para-hydroxylation sites is 1. The lowest BCUT2D eigenvalue weighted by Crippen LogP contribution is -2.11. The SMILES string of the molecule is CC/C(Cl)=N/OC(=O)Nc1ccccc1. The standard InChI is InChI=1S/C10H11ClN2O2/c1-2-9(11)13-15-10(14)12-8-6-4-3-5-7-8/h3-7H,2H2,1H3,(H,12,14)/b13-9-. The van der Waals surface area contributed by atoms with E-state index in [1.807, 2.05) is 13.0 Å². The minimum absolute atomic E-state index is 0.248. The first-order valence-electron chi connectivity index (χ1n) is 4.47. The molecule has 5 heteroatoms. The number of oxime groups is 1. The average Bonchev–Trinajstić information content (AvgIpc) is 2.27. The topological polar surface area (TPSA) is 50.7 Å². The van der Waals surface area contributed by atoms with Crippen LogP contribution in [0.25, 0.3) is 0 Å². The molecule has 0 saturated heterocycles. The monoisotopic (exact) mass is 226 g/mol. The maximum Gasteiger partial charge on any atom is 0.437 e. The molecule has 1 aromatic carbocycles. The molecule has 1 rings (SSSR count). The van der Waals surface area contributed by atoms with Gasteiger partial charge in [0.25, 0.3) is 0 Å². The van der Waals surface area contributed by atoms with Crippen molar-refractivity contribution in [1.29, 1.82) is 0 Å². The predicted molar refractivity (Wildman–Crippen MR) is 60.1 cm³/mol. The molecule has 0 fully saturated rings. The molecule has 0 aromatic heterocycles. The first-order valence-corrected chi connectivity index (χ1v) is 4.85. The Labute approximate surface area is 92.9 Å². The number of benzene rings is 1. The van der Waals surface area contributed by atoms with Crippen molar-refractivity contribution in [1.82, 2.24) is 0 Å². The van der Waals surface area contributed by atoms with E-state index in [0.717, 1.165) is 0 Å². The van der Waals surface area contributed by atoms with Crippen molar-refractivity contribution < 1.29 is 9.63 Å². The molecule has 0 heterocycles. The molecular weight excluding hydrogens is 216 g/mol. The number of nitrogens with one attached hydrogen (secondary N) is 1. The van der Waals surface area contributed by atoms with Crippen LogP contribution in [0.4, 0.5) is 10.5 Å². The summed E-state index contributed by atoms with van der Waals surface area (Å²) >= 11 is 5.56. The molecule has 0 unspecified atom stereocenters. The van der Waals surface area contributed by atoms with Crippen molar-refractivity contribution in [2.45, 2.75) is 13.3 Å². The number of anilines is 1. The third kappa shape index (κ3) is 4.46. The lowest BCUT2D eigenvalue weighted by Gasteiger charge is -2.01. The maximum absolute atomic E-state index is 11.1. The number of halogens is 1. The van der Waals surface area contributed by atoms with Gasteiger partial charge in [-0.15, -0.1) is 0 Å². The van der Waals surface area contributed by atoms with Crippen LogP contribution in [-0.2, 0) is 4.84 Å². The lowest BCUT2D eigenvalue weighted by molar-refractivity contribution is 0.166. The number of carbonyl (C=O) groups is 1. The molecule has 4 nitrogen and oxygen atoms in total. The van der Waals surface area contributed by atoms with Crippen molar-refractivity contribution in [3.05, 3.63) is 30.3 Å². The Bertz CT molecular complexity index is 352. The van der Waals surface area contributed by atoms with Crippen molar-refractivity contribution in [2.24, 2.45) is 5.16 Å². The Morgan fingerprint density at radius 1 is 1.47 bits per heavy atom. The fraction of sp³-hybridized carbons (Fsp3) is 0.200. The molecule has 0 atom stereocenters. The zero-order valence-corrected chi connectivity index (χ0v) is 8.99. The van der Waals surface area contributed by atoms with E-state index in [0.29, 0.717) is 12.1 Å². The smallest absolute Gasteiger partial charge is 0.297 e. The van der Waals surface area contributed by atoms with Gasteiger partial charge in [-0.05, 0) is 12.1 Å². The molecular formula is C10H11ClN2O2.